The van der Waals surface area contributed by atoms with Gasteiger partial charge < -0.3 is 10.0 Å². The van der Waals surface area contributed by atoms with Crippen molar-refractivity contribution in [3.63, 3.8) is 0 Å². The molecule has 2 unspecified atom stereocenters. The van der Waals surface area contributed by atoms with E-state index in [2.05, 4.69) is 11.1 Å². The largest absolute Gasteiger partial charge is 0.390 e. The lowest BCUT2D eigenvalue weighted by atomic mass is 10.1. The molecule has 14 heavy (non-hydrogen) atoms. The molecule has 1 aromatic heterocycles. The summed E-state index contributed by atoms with van der Waals surface area (Å²) in [5.41, 5.74) is 0. The maximum absolute atomic E-state index is 9.53. The summed E-state index contributed by atoms with van der Waals surface area (Å²) >= 11 is 0. The molecule has 0 aliphatic carbocycles. The first-order valence-corrected chi connectivity index (χ1v) is 4.55. The Kier molecular flexibility index (Phi) is 2.33. The Hall–Kier alpha value is -1.60. The van der Waals surface area contributed by atoms with Gasteiger partial charge in [0.1, 0.15) is 5.82 Å². The molecule has 1 aromatic rings. The molecule has 72 valence electrons. The number of hydrogen-bond donors (Lipinski definition) is 1. The molecule has 2 atom stereocenters. The molecule has 1 aliphatic heterocycles. The van der Waals surface area contributed by atoms with Crippen LogP contribution in [-0.2, 0) is 0 Å². The zero-order valence-corrected chi connectivity index (χ0v) is 7.67. The van der Waals surface area contributed by atoms with Gasteiger partial charge in [-0.15, -0.1) is 0 Å². The van der Waals surface area contributed by atoms with Crippen molar-refractivity contribution in [2.75, 3.05) is 18.0 Å². The molecular weight excluding hydrogens is 178 g/mol. The van der Waals surface area contributed by atoms with Crippen molar-refractivity contribution in [3.8, 4) is 6.07 Å². The number of aromatic nitrogens is 1. The smallest absolute Gasteiger partial charge is 0.128 e. The van der Waals surface area contributed by atoms with E-state index in [1.54, 1.807) is 6.20 Å². The van der Waals surface area contributed by atoms with Gasteiger partial charge >= 0.3 is 0 Å². The molecule has 1 saturated heterocycles. The van der Waals surface area contributed by atoms with Crippen LogP contribution in [-0.4, -0.2) is 29.3 Å². The van der Waals surface area contributed by atoms with Crippen molar-refractivity contribution in [2.45, 2.75) is 6.10 Å². The molecule has 2 rings (SSSR count). The van der Waals surface area contributed by atoms with E-state index in [1.807, 2.05) is 23.1 Å². The summed E-state index contributed by atoms with van der Waals surface area (Å²) in [6.45, 7) is 1.06. The Labute approximate surface area is 82.4 Å². The number of β-amino-alcohol motifs (C(OH)–C–C–N with tert-alkyl or cyclic N) is 1. The van der Waals surface area contributed by atoms with Gasteiger partial charge in [-0.1, -0.05) is 6.07 Å². The summed E-state index contributed by atoms with van der Waals surface area (Å²) in [5.74, 6) is 0.529. The molecule has 0 bridgehead atoms. The van der Waals surface area contributed by atoms with E-state index in [4.69, 9.17) is 5.26 Å². The lowest BCUT2D eigenvalue weighted by molar-refractivity contribution is 0.171. The fourth-order valence-electron chi connectivity index (χ4n) is 1.64. The molecule has 0 saturated carbocycles. The highest BCUT2D eigenvalue weighted by molar-refractivity contribution is 5.40. The highest BCUT2D eigenvalue weighted by Crippen LogP contribution is 2.21. The maximum Gasteiger partial charge on any atom is 0.128 e. The monoisotopic (exact) mass is 189 g/mol. The summed E-state index contributed by atoms with van der Waals surface area (Å²) in [7, 11) is 0. The lowest BCUT2D eigenvalue weighted by Gasteiger charge is -2.15. The van der Waals surface area contributed by atoms with Gasteiger partial charge in [0, 0.05) is 19.3 Å². The highest BCUT2D eigenvalue weighted by Gasteiger charge is 2.31. The molecule has 1 aliphatic rings. The number of anilines is 1. The SMILES string of the molecule is N#CC1CN(c2ccccn2)CC1O. The van der Waals surface area contributed by atoms with Crippen LogP contribution in [0.1, 0.15) is 0 Å². The average Bonchev–Trinajstić information content (AvgIpc) is 2.61. The van der Waals surface area contributed by atoms with Crippen LogP contribution in [0.15, 0.2) is 24.4 Å². The molecule has 0 spiro atoms. The summed E-state index contributed by atoms with van der Waals surface area (Å²) in [4.78, 5) is 6.10. The fourth-order valence-corrected chi connectivity index (χ4v) is 1.64. The van der Waals surface area contributed by atoms with Crippen LogP contribution in [0.5, 0.6) is 0 Å². The summed E-state index contributed by atoms with van der Waals surface area (Å²) in [6, 6.07) is 7.72. The predicted molar refractivity (Wildman–Crippen MR) is 51.6 cm³/mol. The van der Waals surface area contributed by atoms with E-state index >= 15 is 0 Å². The standard InChI is InChI=1S/C10H11N3O/c11-5-8-6-13(7-9(8)14)10-3-1-2-4-12-10/h1-4,8-9,14H,6-7H2. The van der Waals surface area contributed by atoms with Gasteiger partial charge in [-0.05, 0) is 12.1 Å². The zero-order valence-electron chi connectivity index (χ0n) is 7.67. The van der Waals surface area contributed by atoms with Gasteiger partial charge in [-0.2, -0.15) is 5.26 Å². The Morgan fingerprint density at radius 2 is 2.36 bits per heavy atom. The predicted octanol–water partition coefficient (Wildman–Crippen LogP) is 0.402. The van der Waals surface area contributed by atoms with Gasteiger partial charge in [-0.3, -0.25) is 0 Å². The number of aliphatic hydroxyl groups is 1. The van der Waals surface area contributed by atoms with Gasteiger partial charge in [0.25, 0.3) is 0 Å². The Morgan fingerprint density at radius 3 is 2.93 bits per heavy atom. The number of rotatable bonds is 1. The third-order valence-corrected chi connectivity index (χ3v) is 2.43. The third kappa shape index (κ3) is 1.54. The summed E-state index contributed by atoms with van der Waals surface area (Å²) in [5, 5.41) is 18.3. The number of pyridine rings is 1. The van der Waals surface area contributed by atoms with Gasteiger partial charge in [0.15, 0.2) is 0 Å². The van der Waals surface area contributed by atoms with Crippen LogP contribution in [0.25, 0.3) is 0 Å². The fraction of sp³-hybridized carbons (Fsp3) is 0.400. The van der Waals surface area contributed by atoms with Crippen LogP contribution in [0.2, 0.25) is 0 Å². The Bertz CT molecular complexity index is 346. The van der Waals surface area contributed by atoms with Crippen LogP contribution in [0, 0.1) is 17.2 Å². The van der Waals surface area contributed by atoms with Gasteiger partial charge in [0.2, 0.25) is 0 Å². The molecule has 1 fully saturated rings. The number of aliphatic hydroxyl groups excluding tert-OH is 1. The Morgan fingerprint density at radius 1 is 1.50 bits per heavy atom. The minimum atomic E-state index is -0.554. The molecule has 0 aromatic carbocycles. The van der Waals surface area contributed by atoms with E-state index in [0.717, 1.165) is 5.82 Å². The van der Waals surface area contributed by atoms with Crippen LogP contribution >= 0.6 is 0 Å². The van der Waals surface area contributed by atoms with Crippen molar-refractivity contribution in [3.05, 3.63) is 24.4 Å². The number of nitrogens with zero attached hydrogens (tertiary/aromatic N) is 3. The van der Waals surface area contributed by atoms with Crippen molar-refractivity contribution < 1.29 is 5.11 Å². The topological polar surface area (TPSA) is 60.2 Å². The minimum absolute atomic E-state index is 0.294. The van der Waals surface area contributed by atoms with E-state index in [9.17, 15) is 5.11 Å². The van der Waals surface area contributed by atoms with Gasteiger partial charge in [0.05, 0.1) is 18.1 Å². The molecule has 0 radical (unpaired) electrons. The number of nitriles is 1. The second-order valence-corrected chi connectivity index (χ2v) is 3.40. The maximum atomic E-state index is 9.53. The average molecular weight is 189 g/mol. The normalized spacial score (nSPS) is 26.1. The summed E-state index contributed by atoms with van der Waals surface area (Å²) in [6.07, 6.45) is 1.16. The molecule has 2 heterocycles. The first-order chi connectivity index (χ1) is 6.81. The van der Waals surface area contributed by atoms with E-state index in [-0.39, 0.29) is 5.92 Å². The van der Waals surface area contributed by atoms with Crippen molar-refractivity contribution in [2.24, 2.45) is 5.92 Å². The molecule has 0 amide bonds. The number of hydrogen-bond acceptors (Lipinski definition) is 4. The minimum Gasteiger partial charge on any atom is -0.390 e. The van der Waals surface area contributed by atoms with Gasteiger partial charge in [-0.25, -0.2) is 4.98 Å². The van der Waals surface area contributed by atoms with Crippen LogP contribution in [0.3, 0.4) is 0 Å². The first kappa shape index (κ1) is 8.97. The Balaban J connectivity index is 2.13. The van der Waals surface area contributed by atoms with Crippen molar-refractivity contribution in [1.29, 1.82) is 5.26 Å². The van der Waals surface area contributed by atoms with Crippen LogP contribution < -0.4 is 4.90 Å². The zero-order chi connectivity index (χ0) is 9.97. The molecule has 1 N–H and O–H groups in total. The quantitative estimate of drug-likeness (QED) is 0.694. The second-order valence-electron chi connectivity index (χ2n) is 3.40. The van der Waals surface area contributed by atoms with Crippen LogP contribution in [0.4, 0.5) is 5.82 Å². The van der Waals surface area contributed by atoms with Crippen molar-refractivity contribution >= 4 is 5.82 Å². The second kappa shape index (κ2) is 3.64. The van der Waals surface area contributed by atoms with Crippen molar-refractivity contribution in [1.82, 2.24) is 4.98 Å². The molecule has 4 heteroatoms. The first-order valence-electron chi connectivity index (χ1n) is 4.55. The lowest BCUT2D eigenvalue weighted by Crippen LogP contribution is -2.21. The third-order valence-electron chi connectivity index (χ3n) is 2.43. The van der Waals surface area contributed by atoms with E-state index < -0.39 is 6.10 Å². The molecular formula is C10H11N3O. The highest BCUT2D eigenvalue weighted by atomic mass is 16.3. The summed E-state index contributed by atoms with van der Waals surface area (Å²) < 4.78 is 0. The molecule has 4 nitrogen and oxygen atoms in total. The van der Waals surface area contributed by atoms with E-state index in [0.29, 0.717) is 13.1 Å². The van der Waals surface area contributed by atoms with E-state index in [1.165, 1.54) is 0 Å².